The largest absolute Gasteiger partial charge is 0.378 e. The maximum absolute atomic E-state index is 12.5. The number of aromatic nitrogens is 4. The van der Waals surface area contributed by atoms with Gasteiger partial charge < -0.3 is 19.5 Å². The first kappa shape index (κ1) is 22.7. The van der Waals surface area contributed by atoms with Gasteiger partial charge in [-0.15, -0.1) is 0 Å². The summed E-state index contributed by atoms with van der Waals surface area (Å²) in [7, 11) is 1.99. The topological polar surface area (TPSA) is 85.2 Å². The molecule has 0 amide bonds. The molecule has 2 aromatic heterocycles. The highest BCUT2D eigenvalue weighted by molar-refractivity contribution is 5.96. The lowest BCUT2D eigenvalue weighted by molar-refractivity contribution is 0.0978. The maximum Gasteiger partial charge on any atom is 0.228 e. The zero-order chi connectivity index (χ0) is 24.5. The summed E-state index contributed by atoms with van der Waals surface area (Å²) >= 11 is 0. The van der Waals surface area contributed by atoms with E-state index < -0.39 is 0 Å². The van der Waals surface area contributed by atoms with Crippen LogP contribution in [0, 0.1) is 5.92 Å². The molecule has 2 fully saturated rings. The molecule has 0 radical (unpaired) electrons. The third-order valence-corrected chi connectivity index (χ3v) is 6.99. The number of nitrogens with zero attached hydrogens (tertiary/aromatic N) is 5. The van der Waals surface area contributed by atoms with Crippen LogP contribution in [-0.4, -0.2) is 51.6 Å². The first-order valence-electron chi connectivity index (χ1n) is 12.7. The van der Waals surface area contributed by atoms with Crippen molar-refractivity contribution in [1.29, 1.82) is 0 Å². The summed E-state index contributed by atoms with van der Waals surface area (Å²) in [6.45, 7) is 2.82. The number of carbonyl (C=O) groups excluding carboxylic acids is 1. The van der Waals surface area contributed by atoms with Gasteiger partial charge in [0.05, 0.1) is 36.3 Å². The number of rotatable bonds is 8. The number of imidazole rings is 1. The van der Waals surface area contributed by atoms with Crippen LogP contribution in [0.4, 0.5) is 17.5 Å². The van der Waals surface area contributed by atoms with Gasteiger partial charge in [-0.1, -0.05) is 18.9 Å². The molecule has 2 aromatic carbocycles. The van der Waals surface area contributed by atoms with Gasteiger partial charge >= 0.3 is 0 Å². The SMILES string of the molecule is Cn1cnc2ccc(-c3cc(Nc4ccc(C(=O)CCC5CC5)cc4)nc(N4CCOCC4)n3)cc21. The minimum absolute atomic E-state index is 0.220. The molecule has 1 N–H and O–H groups in total. The summed E-state index contributed by atoms with van der Waals surface area (Å²) in [4.78, 5) is 28.8. The number of benzene rings is 2. The number of fused-ring (bicyclic) bond motifs is 1. The maximum atomic E-state index is 12.5. The van der Waals surface area contributed by atoms with E-state index in [0.717, 1.165) is 59.0 Å². The molecule has 0 unspecified atom stereocenters. The van der Waals surface area contributed by atoms with Crippen molar-refractivity contribution < 1.29 is 9.53 Å². The minimum Gasteiger partial charge on any atom is -0.378 e. The molecule has 1 aliphatic carbocycles. The zero-order valence-corrected chi connectivity index (χ0v) is 20.5. The first-order valence-corrected chi connectivity index (χ1v) is 12.7. The highest BCUT2D eigenvalue weighted by atomic mass is 16.5. The van der Waals surface area contributed by atoms with Crippen molar-refractivity contribution in [3.63, 3.8) is 0 Å². The van der Waals surface area contributed by atoms with Gasteiger partial charge in [0.25, 0.3) is 0 Å². The molecule has 1 saturated carbocycles. The van der Waals surface area contributed by atoms with Gasteiger partial charge in [0.15, 0.2) is 5.78 Å². The quantitative estimate of drug-likeness (QED) is 0.354. The fourth-order valence-corrected chi connectivity index (χ4v) is 4.61. The van der Waals surface area contributed by atoms with Gasteiger partial charge in [0, 0.05) is 49.4 Å². The van der Waals surface area contributed by atoms with Crippen molar-refractivity contribution in [2.45, 2.75) is 25.7 Å². The number of morpholine rings is 1. The van der Waals surface area contributed by atoms with E-state index in [9.17, 15) is 4.79 Å². The second-order valence-electron chi connectivity index (χ2n) is 9.70. The number of hydrogen-bond donors (Lipinski definition) is 1. The first-order chi connectivity index (χ1) is 17.6. The summed E-state index contributed by atoms with van der Waals surface area (Å²) in [5, 5.41) is 3.43. The summed E-state index contributed by atoms with van der Waals surface area (Å²) < 4.78 is 7.54. The molecule has 184 valence electrons. The number of ether oxygens (including phenoxy) is 1. The Kier molecular flexibility index (Phi) is 6.11. The van der Waals surface area contributed by atoms with E-state index in [0.29, 0.717) is 31.4 Å². The third-order valence-electron chi connectivity index (χ3n) is 6.99. The number of carbonyl (C=O) groups is 1. The van der Waals surface area contributed by atoms with Gasteiger partial charge in [-0.05, 0) is 48.7 Å². The summed E-state index contributed by atoms with van der Waals surface area (Å²) in [6.07, 6.45) is 6.02. The monoisotopic (exact) mass is 482 g/mol. The molecule has 1 saturated heterocycles. The Balaban J connectivity index is 1.28. The normalized spacial score (nSPS) is 15.9. The molecule has 0 atom stereocenters. The Morgan fingerprint density at radius 2 is 1.86 bits per heavy atom. The number of ketones is 1. The van der Waals surface area contributed by atoms with Gasteiger partial charge in [-0.3, -0.25) is 4.79 Å². The van der Waals surface area contributed by atoms with Crippen LogP contribution in [0.25, 0.3) is 22.3 Å². The van der Waals surface area contributed by atoms with Crippen molar-refractivity contribution in [2.24, 2.45) is 13.0 Å². The molecule has 2 aliphatic rings. The van der Waals surface area contributed by atoms with E-state index in [1.807, 2.05) is 60.4 Å². The highest BCUT2D eigenvalue weighted by Crippen LogP contribution is 2.34. The Labute approximate surface area is 210 Å². The highest BCUT2D eigenvalue weighted by Gasteiger charge is 2.22. The number of hydrogen-bond acceptors (Lipinski definition) is 7. The molecule has 36 heavy (non-hydrogen) atoms. The van der Waals surface area contributed by atoms with Crippen molar-refractivity contribution in [2.75, 3.05) is 36.5 Å². The standard InChI is InChI=1S/C28H30N6O2/c1-33-18-29-23-10-7-21(16-25(23)33)24-17-27(32-28(31-24)34-12-14-36-15-13-34)30-22-8-5-20(6-9-22)26(35)11-4-19-2-3-19/h5-10,16-19H,2-4,11-15H2,1H3,(H,30,31,32). The molecular weight excluding hydrogens is 452 g/mol. The number of nitrogens with one attached hydrogen (secondary N) is 1. The van der Waals surface area contributed by atoms with Crippen LogP contribution in [0.15, 0.2) is 54.9 Å². The predicted molar refractivity (Wildman–Crippen MR) is 141 cm³/mol. The van der Waals surface area contributed by atoms with E-state index >= 15 is 0 Å². The molecular formula is C28H30N6O2. The molecule has 1 aliphatic heterocycles. The van der Waals surface area contributed by atoms with Crippen LogP contribution in [0.3, 0.4) is 0 Å². The van der Waals surface area contributed by atoms with Crippen LogP contribution in [-0.2, 0) is 11.8 Å². The van der Waals surface area contributed by atoms with Crippen LogP contribution in [0.1, 0.15) is 36.0 Å². The summed E-state index contributed by atoms with van der Waals surface area (Å²) in [6, 6.07) is 15.8. The Bertz CT molecular complexity index is 1390. The van der Waals surface area contributed by atoms with E-state index in [1.165, 1.54) is 12.8 Å². The van der Waals surface area contributed by atoms with Crippen molar-refractivity contribution in [3.05, 3.63) is 60.4 Å². The zero-order valence-electron chi connectivity index (χ0n) is 20.5. The molecule has 6 rings (SSSR count). The van der Waals surface area contributed by atoms with E-state index in [-0.39, 0.29) is 5.78 Å². The predicted octanol–water partition coefficient (Wildman–Crippen LogP) is 4.98. The lowest BCUT2D eigenvalue weighted by atomic mass is 10.0. The molecule has 3 heterocycles. The van der Waals surface area contributed by atoms with Gasteiger partial charge in [-0.25, -0.2) is 9.97 Å². The average molecular weight is 483 g/mol. The van der Waals surface area contributed by atoms with E-state index in [4.69, 9.17) is 14.7 Å². The lowest BCUT2D eigenvalue weighted by Gasteiger charge is -2.27. The third kappa shape index (κ3) is 4.95. The molecule has 0 spiro atoms. The van der Waals surface area contributed by atoms with E-state index in [2.05, 4.69) is 21.3 Å². The van der Waals surface area contributed by atoms with Crippen LogP contribution < -0.4 is 10.2 Å². The number of Topliss-reactive ketones (excluding diaryl/α,β-unsaturated/α-hetero) is 1. The average Bonchev–Trinajstić information content (AvgIpc) is 3.69. The summed E-state index contributed by atoms with van der Waals surface area (Å²) in [5.41, 5.74) is 5.49. The fraction of sp³-hybridized carbons (Fsp3) is 0.357. The molecule has 8 heteroatoms. The van der Waals surface area contributed by atoms with Crippen molar-refractivity contribution in [3.8, 4) is 11.3 Å². The summed E-state index contributed by atoms with van der Waals surface area (Å²) in [5.74, 6) is 2.37. The Morgan fingerprint density at radius 3 is 2.64 bits per heavy atom. The molecule has 0 bridgehead atoms. The van der Waals surface area contributed by atoms with Gasteiger partial charge in [0.1, 0.15) is 5.82 Å². The lowest BCUT2D eigenvalue weighted by Crippen LogP contribution is -2.37. The molecule has 4 aromatic rings. The van der Waals surface area contributed by atoms with Crippen molar-refractivity contribution >= 4 is 34.3 Å². The van der Waals surface area contributed by atoms with E-state index in [1.54, 1.807) is 0 Å². The van der Waals surface area contributed by atoms with Gasteiger partial charge in [-0.2, -0.15) is 4.98 Å². The number of aryl methyl sites for hydroxylation is 1. The molecule has 8 nitrogen and oxygen atoms in total. The Hall–Kier alpha value is -3.78. The fourth-order valence-electron chi connectivity index (χ4n) is 4.61. The smallest absolute Gasteiger partial charge is 0.228 e. The van der Waals surface area contributed by atoms with Crippen LogP contribution >= 0.6 is 0 Å². The second kappa shape index (κ2) is 9.70. The van der Waals surface area contributed by atoms with Crippen LogP contribution in [0.2, 0.25) is 0 Å². The van der Waals surface area contributed by atoms with Crippen molar-refractivity contribution in [1.82, 2.24) is 19.5 Å². The van der Waals surface area contributed by atoms with Crippen LogP contribution in [0.5, 0.6) is 0 Å². The second-order valence-corrected chi connectivity index (χ2v) is 9.70. The Morgan fingerprint density at radius 1 is 1.06 bits per heavy atom. The van der Waals surface area contributed by atoms with Gasteiger partial charge in [0.2, 0.25) is 5.95 Å². The number of anilines is 3. The minimum atomic E-state index is 0.220.